The van der Waals surface area contributed by atoms with Gasteiger partial charge in [-0.25, -0.2) is 4.79 Å². The third-order valence-electron chi connectivity index (χ3n) is 7.72. The molecule has 0 heterocycles. The van der Waals surface area contributed by atoms with E-state index in [0.717, 1.165) is 114 Å². The van der Waals surface area contributed by atoms with Crippen molar-refractivity contribution in [3.8, 4) is 0 Å². The summed E-state index contributed by atoms with van der Waals surface area (Å²) >= 11 is 0. The first-order valence-electron chi connectivity index (χ1n) is 19.0. The minimum absolute atomic E-state index is 0.178. The van der Waals surface area contributed by atoms with E-state index >= 15 is 0 Å². The van der Waals surface area contributed by atoms with Crippen molar-refractivity contribution in [2.75, 3.05) is 20.6 Å². The molecule has 0 atom stereocenters. The Morgan fingerprint density at radius 1 is 0.458 bits per heavy atom. The zero-order valence-electron chi connectivity index (χ0n) is 31.2. The number of allylic oxidation sites excluding steroid dienone is 12. The number of amides is 2. The Bertz CT molecular complexity index is 974. The van der Waals surface area contributed by atoms with E-state index in [2.05, 4.69) is 86.8 Å². The van der Waals surface area contributed by atoms with Crippen LogP contribution >= 0.6 is 0 Å². The monoisotopic (exact) mass is 667 g/mol. The predicted octanol–water partition coefficient (Wildman–Crippen LogP) is 11.3. The van der Waals surface area contributed by atoms with Crippen molar-refractivity contribution in [2.24, 2.45) is 0 Å². The highest BCUT2D eigenvalue weighted by atomic mass is 16.7. The first-order valence-corrected chi connectivity index (χ1v) is 19.0. The van der Waals surface area contributed by atoms with Crippen molar-refractivity contribution in [3.63, 3.8) is 0 Å². The van der Waals surface area contributed by atoms with Crippen molar-refractivity contribution in [1.82, 2.24) is 9.96 Å². The Balaban J connectivity index is 4.29. The van der Waals surface area contributed by atoms with Gasteiger partial charge >= 0.3 is 5.97 Å². The summed E-state index contributed by atoms with van der Waals surface area (Å²) in [6.45, 7) is 5.02. The fourth-order valence-corrected chi connectivity index (χ4v) is 4.92. The molecule has 0 fully saturated rings. The maximum absolute atomic E-state index is 13.0. The quantitative estimate of drug-likeness (QED) is 0.0433. The van der Waals surface area contributed by atoms with Crippen molar-refractivity contribution in [1.29, 1.82) is 0 Å². The highest BCUT2D eigenvalue weighted by Crippen LogP contribution is 2.13. The van der Waals surface area contributed by atoms with E-state index in [1.165, 1.54) is 0 Å². The van der Waals surface area contributed by atoms with E-state index < -0.39 is 17.8 Å². The van der Waals surface area contributed by atoms with Crippen LogP contribution in [-0.4, -0.2) is 48.4 Å². The summed E-state index contributed by atoms with van der Waals surface area (Å²) in [5.41, 5.74) is 0. The van der Waals surface area contributed by atoms with Gasteiger partial charge in [0.05, 0.1) is 0 Å². The van der Waals surface area contributed by atoms with Gasteiger partial charge in [-0.05, 0) is 104 Å². The summed E-state index contributed by atoms with van der Waals surface area (Å²) in [6.07, 6.45) is 45.9. The van der Waals surface area contributed by atoms with Crippen LogP contribution in [0.15, 0.2) is 72.9 Å². The van der Waals surface area contributed by atoms with Gasteiger partial charge in [-0.1, -0.05) is 125 Å². The molecule has 0 N–H and O–H groups in total. The molecule has 272 valence electrons. The number of hydrogen-bond acceptors (Lipinski definition) is 5. The summed E-state index contributed by atoms with van der Waals surface area (Å²) in [4.78, 5) is 45.8. The number of nitrogens with zero attached hydrogens (tertiary/aromatic N) is 2. The maximum atomic E-state index is 13.0. The van der Waals surface area contributed by atoms with Gasteiger partial charge in [0.15, 0.2) is 0 Å². The van der Waals surface area contributed by atoms with Crippen molar-refractivity contribution in [3.05, 3.63) is 72.9 Å². The lowest BCUT2D eigenvalue weighted by Crippen LogP contribution is -2.39. The summed E-state index contributed by atoms with van der Waals surface area (Å²) < 4.78 is 0. The van der Waals surface area contributed by atoms with E-state index in [1.807, 2.05) is 19.0 Å². The first-order chi connectivity index (χ1) is 23.4. The topological polar surface area (TPSA) is 66.9 Å². The van der Waals surface area contributed by atoms with E-state index in [4.69, 9.17) is 4.84 Å². The van der Waals surface area contributed by atoms with E-state index in [9.17, 15) is 14.4 Å². The van der Waals surface area contributed by atoms with Crippen LogP contribution in [0.1, 0.15) is 155 Å². The molecular formula is C42H70N2O4. The summed E-state index contributed by atoms with van der Waals surface area (Å²) in [5.74, 6) is -1.33. The van der Waals surface area contributed by atoms with Gasteiger partial charge in [0.25, 0.3) is 11.8 Å². The molecule has 48 heavy (non-hydrogen) atoms. The number of hydroxylamine groups is 2. The van der Waals surface area contributed by atoms with Gasteiger partial charge in [0.1, 0.15) is 0 Å². The van der Waals surface area contributed by atoms with E-state index in [1.54, 1.807) is 0 Å². The van der Waals surface area contributed by atoms with Crippen molar-refractivity contribution < 1.29 is 19.2 Å². The second kappa shape index (κ2) is 35.3. The SMILES string of the molecule is CC/C=C\C/C=C\C/C=C\CCCCCCCC(=O)ON(C(=O)CCCCCCC/C=C\C/C=C\C/C=C\CC)C(=O)CCCN(C)C. The standard InChI is InChI=1S/C42H70N2O4/c1-5-7-9-11-13-15-17-19-21-23-25-27-29-31-33-36-40(45)44(41(46)37-35-39-43(3)4)48-42(47)38-34-32-30-28-26-24-22-20-18-16-14-12-10-8-6-2/h7-10,13-16,19-22H,5-6,11-12,17-18,23-39H2,1-4H3/b9-7-,10-8-,15-13-,16-14-,21-19-,22-20-. The van der Waals surface area contributed by atoms with Gasteiger partial charge in [0.2, 0.25) is 0 Å². The minimum atomic E-state index is -0.498. The molecule has 0 rings (SSSR count). The van der Waals surface area contributed by atoms with Crippen LogP contribution in [0.25, 0.3) is 0 Å². The van der Waals surface area contributed by atoms with Crippen LogP contribution in [0.2, 0.25) is 0 Å². The average Bonchev–Trinajstić information content (AvgIpc) is 3.06. The molecule has 0 aromatic rings. The Kier molecular flexibility index (Phi) is 33.1. The molecule has 0 aliphatic rings. The smallest absolute Gasteiger partial charge is 0.330 e. The van der Waals surface area contributed by atoms with Crippen LogP contribution in [0.5, 0.6) is 0 Å². The largest absolute Gasteiger partial charge is 0.333 e. The Hall–Kier alpha value is -2.99. The number of unbranched alkanes of at least 4 members (excludes halogenated alkanes) is 10. The lowest BCUT2D eigenvalue weighted by atomic mass is 10.1. The zero-order chi connectivity index (χ0) is 35.3. The minimum Gasteiger partial charge on any atom is -0.330 e. The molecule has 0 bridgehead atoms. The fourth-order valence-electron chi connectivity index (χ4n) is 4.92. The molecule has 2 amide bonds. The summed E-state index contributed by atoms with van der Waals surface area (Å²) in [7, 11) is 3.89. The van der Waals surface area contributed by atoms with Gasteiger partial charge < -0.3 is 9.74 Å². The van der Waals surface area contributed by atoms with Crippen LogP contribution in [0.3, 0.4) is 0 Å². The Morgan fingerprint density at radius 3 is 1.29 bits per heavy atom. The summed E-state index contributed by atoms with van der Waals surface area (Å²) in [6, 6.07) is 0. The van der Waals surface area contributed by atoms with E-state index in [-0.39, 0.29) is 19.3 Å². The second-order valence-corrected chi connectivity index (χ2v) is 12.7. The average molecular weight is 667 g/mol. The molecule has 0 spiro atoms. The molecule has 0 aromatic carbocycles. The third-order valence-corrected chi connectivity index (χ3v) is 7.72. The predicted molar refractivity (Wildman–Crippen MR) is 204 cm³/mol. The summed E-state index contributed by atoms with van der Waals surface area (Å²) in [5, 5.41) is 0.765. The van der Waals surface area contributed by atoms with Crippen LogP contribution in [-0.2, 0) is 19.2 Å². The van der Waals surface area contributed by atoms with Gasteiger partial charge in [-0.3, -0.25) is 9.59 Å². The van der Waals surface area contributed by atoms with Gasteiger partial charge in [-0.15, -0.1) is 5.06 Å². The number of carbonyl (C=O) groups is 3. The zero-order valence-corrected chi connectivity index (χ0v) is 31.2. The molecule has 0 aromatic heterocycles. The normalized spacial score (nSPS) is 12.4. The van der Waals surface area contributed by atoms with Gasteiger partial charge in [0, 0.05) is 19.3 Å². The molecule has 6 heteroatoms. The molecular weight excluding hydrogens is 596 g/mol. The highest BCUT2D eigenvalue weighted by Gasteiger charge is 2.25. The Morgan fingerprint density at radius 2 is 0.833 bits per heavy atom. The van der Waals surface area contributed by atoms with Crippen LogP contribution in [0.4, 0.5) is 0 Å². The second-order valence-electron chi connectivity index (χ2n) is 12.7. The van der Waals surface area contributed by atoms with Crippen LogP contribution < -0.4 is 0 Å². The molecule has 0 aliphatic carbocycles. The lowest BCUT2D eigenvalue weighted by molar-refractivity contribution is -0.203. The fraction of sp³-hybridized carbons (Fsp3) is 0.643. The molecule has 6 nitrogen and oxygen atoms in total. The number of rotatable bonds is 30. The van der Waals surface area contributed by atoms with Crippen molar-refractivity contribution >= 4 is 17.8 Å². The molecule has 0 radical (unpaired) electrons. The van der Waals surface area contributed by atoms with E-state index in [0.29, 0.717) is 19.3 Å². The number of hydrogen-bond donors (Lipinski definition) is 0. The molecule has 0 aliphatic heterocycles. The Labute approximate surface area is 295 Å². The number of carbonyl (C=O) groups excluding carboxylic acids is 3. The molecule has 0 saturated heterocycles. The van der Waals surface area contributed by atoms with Crippen molar-refractivity contribution in [2.45, 2.75) is 155 Å². The van der Waals surface area contributed by atoms with Gasteiger partial charge in [-0.2, -0.15) is 0 Å². The lowest BCUT2D eigenvalue weighted by Gasteiger charge is -2.20. The highest BCUT2D eigenvalue weighted by molar-refractivity contribution is 5.95. The van der Waals surface area contributed by atoms with Crippen LogP contribution in [0, 0.1) is 0 Å². The number of imide groups is 1. The molecule has 0 saturated carbocycles. The first kappa shape index (κ1) is 45.0. The third kappa shape index (κ3) is 31.6. The molecule has 0 unspecified atom stereocenters. The maximum Gasteiger partial charge on any atom is 0.333 e.